The molecule has 0 aromatic heterocycles. The van der Waals surface area contributed by atoms with E-state index in [2.05, 4.69) is 22.3 Å². The normalized spacial score (nSPS) is 22.5. The molecule has 0 amide bonds. The molecule has 0 bridgehead atoms. The zero-order valence-corrected chi connectivity index (χ0v) is 16.0. The number of sulfonamides is 1. The average Bonchev–Trinajstić information content (AvgIpc) is 2.51. The topological polar surface area (TPSA) is 70.2 Å². The lowest BCUT2D eigenvalue weighted by Crippen LogP contribution is -2.47. The second kappa shape index (κ2) is 7.95. The molecule has 3 N–H and O–H groups in total. The van der Waals surface area contributed by atoms with Crippen molar-refractivity contribution in [3.8, 4) is 0 Å². The van der Waals surface area contributed by atoms with E-state index in [1.165, 1.54) is 0 Å². The molecule has 6 heteroatoms. The van der Waals surface area contributed by atoms with Gasteiger partial charge in [-0.15, -0.1) is 0 Å². The monoisotopic (exact) mass is 353 g/mol. The fourth-order valence-electron chi connectivity index (χ4n) is 3.23. The molecular formula is C18H31N3O2S. The van der Waals surface area contributed by atoms with Crippen molar-refractivity contribution >= 4 is 10.0 Å². The Hall–Kier alpha value is -0.950. The van der Waals surface area contributed by atoms with E-state index in [4.69, 9.17) is 0 Å². The summed E-state index contributed by atoms with van der Waals surface area (Å²) in [5.41, 5.74) is 0.324. The third-order valence-corrected chi connectivity index (χ3v) is 6.25. The number of nitrogens with one attached hydrogen (secondary N) is 3. The van der Waals surface area contributed by atoms with Gasteiger partial charge in [-0.05, 0) is 57.8 Å². The van der Waals surface area contributed by atoms with E-state index in [1.807, 2.05) is 32.9 Å². The molecule has 1 aromatic rings. The van der Waals surface area contributed by atoms with Crippen LogP contribution in [0.2, 0.25) is 0 Å². The molecule has 1 aliphatic rings. The first-order valence-electron chi connectivity index (χ1n) is 8.79. The van der Waals surface area contributed by atoms with Gasteiger partial charge in [0.2, 0.25) is 10.0 Å². The predicted octanol–water partition coefficient (Wildman–Crippen LogP) is 2.24. The van der Waals surface area contributed by atoms with Crippen LogP contribution < -0.4 is 15.4 Å². The van der Waals surface area contributed by atoms with Crippen LogP contribution in [0.4, 0.5) is 0 Å². The van der Waals surface area contributed by atoms with Crippen molar-refractivity contribution in [3.05, 3.63) is 29.8 Å². The molecule has 5 nitrogen and oxygen atoms in total. The van der Waals surface area contributed by atoms with Gasteiger partial charge < -0.3 is 10.6 Å². The van der Waals surface area contributed by atoms with Crippen LogP contribution in [0.5, 0.6) is 0 Å². The molecule has 1 aromatic carbocycles. The van der Waals surface area contributed by atoms with Crippen molar-refractivity contribution in [2.45, 2.75) is 63.6 Å². The van der Waals surface area contributed by atoms with Crippen LogP contribution in [-0.2, 0) is 16.6 Å². The third-order valence-electron chi connectivity index (χ3n) is 4.39. The Morgan fingerprint density at radius 3 is 2.62 bits per heavy atom. The molecule has 1 heterocycles. The quantitative estimate of drug-likeness (QED) is 0.733. The van der Waals surface area contributed by atoms with E-state index in [1.54, 1.807) is 12.1 Å². The van der Waals surface area contributed by atoms with Gasteiger partial charge in [-0.3, -0.25) is 0 Å². The lowest BCUT2D eigenvalue weighted by molar-refractivity contribution is 0.270. The molecular weight excluding hydrogens is 322 g/mol. The summed E-state index contributed by atoms with van der Waals surface area (Å²) in [7, 11) is -3.52. The van der Waals surface area contributed by atoms with Crippen LogP contribution in [-0.4, -0.2) is 33.1 Å². The van der Waals surface area contributed by atoms with E-state index in [0.29, 0.717) is 23.4 Å². The average molecular weight is 354 g/mol. The minimum Gasteiger partial charge on any atom is -0.316 e. The minimum absolute atomic E-state index is 0.370. The van der Waals surface area contributed by atoms with E-state index < -0.39 is 15.6 Å². The Balaban J connectivity index is 2.14. The molecule has 2 atom stereocenters. The van der Waals surface area contributed by atoms with Gasteiger partial charge >= 0.3 is 0 Å². The highest BCUT2D eigenvalue weighted by molar-refractivity contribution is 7.89. The van der Waals surface area contributed by atoms with Crippen LogP contribution in [0.15, 0.2) is 29.2 Å². The fraction of sp³-hybridized carbons (Fsp3) is 0.667. The zero-order chi connectivity index (χ0) is 17.8. The van der Waals surface area contributed by atoms with Crippen LogP contribution in [0, 0.1) is 5.92 Å². The summed E-state index contributed by atoms with van der Waals surface area (Å²) < 4.78 is 28.1. The van der Waals surface area contributed by atoms with Crippen molar-refractivity contribution in [3.63, 3.8) is 0 Å². The molecule has 0 saturated carbocycles. The van der Waals surface area contributed by atoms with Crippen LogP contribution in [0.25, 0.3) is 0 Å². The molecule has 0 radical (unpaired) electrons. The van der Waals surface area contributed by atoms with E-state index in [-0.39, 0.29) is 0 Å². The number of hydrogen-bond acceptors (Lipinski definition) is 4. The fourth-order valence-corrected chi connectivity index (χ4v) is 4.89. The zero-order valence-electron chi connectivity index (χ0n) is 15.2. The van der Waals surface area contributed by atoms with Gasteiger partial charge in [-0.25, -0.2) is 13.1 Å². The first-order chi connectivity index (χ1) is 11.2. The highest BCUT2D eigenvalue weighted by atomic mass is 32.2. The molecule has 24 heavy (non-hydrogen) atoms. The van der Waals surface area contributed by atoms with Crippen molar-refractivity contribution in [1.29, 1.82) is 0 Å². The summed E-state index contributed by atoms with van der Waals surface area (Å²) in [5, 5.41) is 7.01. The number of benzene rings is 1. The smallest absolute Gasteiger partial charge is 0.241 e. The van der Waals surface area contributed by atoms with Gasteiger partial charge in [-0.1, -0.05) is 31.5 Å². The van der Waals surface area contributed by atoms with Crippen LogP contribution in [0.3, 0.4) is 0 Å². The maximum absolute atomic E-state index is 12.7. The molecule has 1 saturated heterocycles. The van der Waals surface area contributed by atoms with Gasteiger partial charge in [-0.2, -0.15) is 0 Å². The standard InChI is InChI=1S/C18H31N3O2S/c1-5-14-12-19-11-10-16(14)20-13-15-8-6-7-9-17(15)24(22,23)21-18(2,3)4/h6-9,14,16,19-21H,5,10-13H2,1-4H3. The predicted molar refractivity (Wildman–Crippen MR) is 98.4 cm³/mol. The van der Waals surface area contributed by atoms with Gasteiger partial charge in [0.25, 0.3) is 0 Å². The van der Waals surface area contributed by atoms with Crippen LogP contribution >= 0.6 is 0 Å². The largest absolute Gasteiger partial charge is 0.316 e. The third kappa shape index (κ3) is 5.28. The molecule has 0 aliphatic carbocycles. The van der Waals surface area contributed by atoms with Crippen LogP contribution in [0.1, 0.15) is 46.1 Å². The highest BCUT2D eigenvalue weighted by Crippen LogP contribution is 2.20. The summed E-state index contributed by atoms with van der Waals surface area (Å²) in [6.45, 7) is 10.4. The summed E-state index contributed by atoms with van der Waals surface area (Å²) in [6, 6.07) is 7.69. The summed E-state index contributed by atoms with van der Waals surface area (Å²) >= 11 is 0. The Morgan fingerprint density at radius 2 is 1.96 bits per heavy atom. The first-order valence-corrected chi connectivity index (χ1v) is 10.3. The SMILES string of the molecule is CCC1CNCCC1NCc1ccccc1S(=O)(=O)NC(C)(C)C. The van der Waals surface area contributed by atoms with E-state index in [9.17, 15) is 8.42 Å². The molecule has 2 rings (SSSR count). The number of hydrogen-bond donors (Lipinski definition) is 3. The maximum Gasteiger partial charge on any atom is 0.241 e. The van der Waals surface area contributed by atoms with Gasteiger partial charge in [0.15, 0.2) is 0 Å². The Labute approximate surface area is 146 Å². The lowest BCUT2D eigenvalue weighted by atomic mass is 9.91. The second-order valence-corrected chi connectivity index (χ2v) is 9.26. The minimum atomic E-state index is -3.52. The Morgan fingerprint density at radius 1 is 1.25 bits per heavy atom. The number of rotatable bonds is 6. The van der Waals surface area contributed by atoms with E-state index >= 15 is 0 Å². The first kappa shape index (κ1) is 19.4. The van der Waals surface area contributed by atoms with Crippen molar-refractivity contribution < 1.29 is 8.42 Å². The maximum atomic E-state index is 12.7. The van der Waals surface area contributed by atoms with Gasteiger partial charge in [0.05, 0.1) is 4.90 Å². The van der Waals surface area contributed by atoms with Gasteiger partial charge in [0.1, 0.15) is 0 Å². The molecule has 136 valence electrons. The second-order valence-electron chi connectivity index (χ2n) is 7.61. The summed E-state index contributed by atoms with van der Waals surface area (Å²) in [4.78, 5) is 0.370. The molecule has 1 aliphatic heterocycles. The van der Waals surface area contributed by atoms with E-state index in [0.717, 1.165) is 31.5 Å². The molecule has 2 unspecified atom stereocenters. The molecule has 0 spiro atoms. The molecule has 1 fully saturated rings. The van der Waals surface area contributed by atoms with Crippen molar-refractivity contribution in [2.75, 3.05) is 13.1 Å². The van der Waals surface area contributed by atoms with Crippen molar-refractivity contribution in [1.82, 2.24) is 15.4 Å². The lowest BCUT2D eigenvalue weighted by Gasteiger charge is -2.32. The Kier molecular flexibility index (Phi) is 6.42. The summed E-state index contributed by atoms with van der Waals surface area (Å²) in [5.74, 6) is 0.593. The van der Waals surface area contributed by atoms with Gasteiger partial charge in [0, 0.05) is 18.1 Å². The highest BCUT2D eigenvalue weighted by Gasteiger charge is 2.26. The summed E-state index contributed by atoms with van der Waals surface area (Å²) in [6.07, 6.45) is 2.20. The van der Waals surface area contributed by atoms with Crippen molar-refractivity contribution in [2.24, 2.45) is 5.92 Å². The Bertz CT molecular complexity index is 638. The number of piperidine rings is 1.